The van der Waals surface area contributed by atoms with E-state index in [9.17, 15) is 9.90 Å². The third-order valence-corrected chi connectivity index (χ3v) is 4.87. The van der Waals surface area contributed by atoms with E-state index in [4.69, 9.17) is 0 Å². The second kappa shape index (κ2) is 9.44. The zero-order valence-corrected chi connectivity index (χ0v) is 15.8. The number of rotatable bonds is 8. The Hall–Kier alpha value is -2.05. The van der Waals surface area contributed by atoms with Crippen LogP contribution in [0.3, 0.4) is 0 Å². The molecule has 0 aliphatic rings. The number of likely N-dealkylation sites (N-methyl/N-ethyl adjacent to an activating group) is 1. The maximum atomic E-state index is 12.1. The van der Waals surface area contributed by atoms with Crippen LogP contribution >= 0.6 is 11.3 Å². The highest BCUT2D eigenvalue weighted by atomic mass is 32.1. The Bertz CT molecular complexity index is 641. The van der Waals surface area contributed by atoms with Crippen molar-refractivity contribution < 1.29 is 9.90 Å². The summed E-state index contributed by atoms with van der Waals surface area (Å²) in [6.07, 6.45) is 1.64. The number of nitrogens with one attached hydrogen (secondary N) is 2. The molecule has 2 aromatic rings. The molecule has 2 amide bonds. The van der Waals surface area contributed by atoms with Gasteiger partial charge in [-0.25, -0.2) is 4.79 Å². The number of hydrogen-bond donors (Lipinski definition) is 3. The van der Waals surface area contributed by atoms with Gasteiger partial charge >= 0.3 is 6.03 Å². The number of amides is 2. The third kappa shape index (κ3) is 6.76. The van der Waals surface area contributed by atoms with Crippen LogP contribution < -0.4 is 10.6 Å². The van der Waals surface area contributed by atoms with E-state index >= 15 is 0 Å². The third-order valence-electron chi connectivity index (χ3n) is 4.14. The minimum Gasteiger partial charge on any atom is -0.508 e. The lowest BCUT2D eigenvalue weighted by atomic mass is 10.0. The second-order valence-corrected chi connectivity index (χ2v) is 7.36. The molecule has 0 aliphatic carbocycles. The molecule has 1 aromatic heterocycles. The first-order valence-corrected chi connectivity index (χ1v) is 9.38. The Balaban J connectivity index is 1.79. The van der Waals surface area contributed by atoms with Crippen molar-refractivity contribution in [3.05, 3.63) is 52.2 Å². The molecule has 0 spiro atoms. The lowest BCUT2D eigenvalue weighted by molar-refractivity contribution is 0.229. The molecule has 1 aromatic carbocycles. The Morgan fingerprint density at radius 3 is 2.48 bits per heavy atom. The van der Waals surface area contributed by atoms with Crippen LogP contribution in [0.2, 0.25) is 0 Å². The summed E-state index contributed by atoms with van der Waals surface area (Å²) in [7, 11) is 4.01. The van der Waals surface area contributed by atoms with Gasteiger partial charge in [-0.3, -0.25) is 0 Å². The summed E-state index contributed by atoms with van der Waals surface area (Å²) >= 11 is 1.67. The first-order valence-electron chi connectivity index (χ1n) is 8.44. The molecule has 0 bridgehead atoms. The summed E-state index contributed by atoms with van der Waals surface area (Å²) in [6, 6.07) is 9.42. The Kier molecular flexibility index (Phi) is 7.28. The first-order chi connectivity index (χ1) is 11.9. The van der Waals surface area contributed by atoms with Crippen LogP contribution in [0.5, 0.6) is 5.75 Å². The topological polar surface area (TPSA) is 64.6 Å². The van der Waals surface area contributed by atoms with Crippen molar-refractivity contribution in [1.82, 2.24) is 15.5 Å². The van der Waals surface area contributed by atoms with Crippen LogP contribution in [-0.2, 0) is 12.8 Å². The van der Waals surface area contributed by atoms with Gasteiger partial charge in [0, 0.05) is 18.6 Å². The van der Waals surface area contributed by atoms with Crippen LogP contribution in [0, 0.1) is 0 Å². The highest BCUT2D eigenvalue weighted by Crippen LogP contribution is 2.12. The highest BCUT2D eigenvalue weighted by Gasteiger charge is 2.15. The molecule has 2 rings (SSSR count). The van der Waals surface area contributed by atoms with Gasteiger partial charge in [0.1, 0.15) is 5.75 Å². The van der Waals surface area contributed by atoms with Crippen molar-refractivity contribution in [2.75, 3.05) is 20.6 Å². The number of benzene rings is 1. The summed E-state index contributed by atoms with van der Waals surface area (Å²) in [5, 5.41) is 19.5. The quantitative estimate of drug-likeness (QED) is 0.677. The summed E-state index contributed by atoms with van der Waals surface area (Å²) in [4.78, 5) is 14.2. The molecule has 0 saturated carbocycles. The second-order valence-electron chi connectivity index (χ2n) is 6.58. The Morgan fingerprint density at radius 2 is 1.88 bits per heavy atom. The number of carbonyl (C=O) groups excluding carboxylic acids is 1. The molecule has 0 fully saturated rings. The fourth-order valence-corrected chi connectivity index (χ4v) is 3.32. The number of nitrogens with zero attached hydrogens (tertiary/aromatic N) is 1. The molecular formula is C19H27N3O2S. The maximum Gasteiger partial charge on any atom is 0.315 e. The van der Waals surface area contributed by atoms with E-state index < -0.39 is 0 Å². The van der Waals surface area contributed by atoms with E-state index in [0.717, 1.165) is 18.4 Å². The lowest BCUT2D eigenvalue weighted by Crippen LogP contribution is -2.47. The van der Waals surface area contributed by atoms with Crippen molar-refractivity contribution in [1.29, 1.82) is 0 Å². The van der Waals surface area contributed by atoms with Crippen molar-refractivity contribution >= 4 is 17.4 Å². The fourth-order valence-electron chi connectivity index (χ4n) is 2.64. The molecule has 0 saturated heterocycles. The van der Waals surface area contributed by atoms with Gasteiger partial charge in [-0.05, 0) is 73.9 Å². The van der Waals surface area contributed by atoms with E-state index in [-0.39, 0.29) is 23.9 Å². The SMILES string of the molecule is CC(Cc1ccsc1)NC(=O)NC[C@@H](Cc1ccc(O)cc1)N(C)C. The number of hydrogen-bond acceptors (Lipinski definition) is 4. The zero-order chi connectivity index (χ0) is 18.2. The Morgan fingerprint density at radius 1 is 1.16 bits per heavy atom. The highest BCUT2D eigenvalue weighted by molar-refractivity contribution is 7.07. The van der Waals surface area contributed by atoms with Crippen molar-refractivity contribution in [3.63, 3.8) is 0 Å². The van der Waals surface area contributed by atoms with Crippen molar-refractivity contribution in [3.8, 4) is 5.75 Å². The molecule has 1 heterocycles. The molecule has 6 heteroatoms. The molecule has 5 nitrogen and oxygen atoms in total. The molecule has 0 aliphatic heterocycles. The predicted octanol–water partition coefficient (Wildman–Crippen LogP) is 2.86. The van der Waals surface area contributed by atoms with Gasteiger partial charge < -0.3 is 20.6 Å². The number of urea groups is 1. The van der Waals surface area contributed by atoms with E-state index in [2.05, 4.69) is 27.0 Å². The van der Waals surface area contributed by atoms with Gasteiger partial charge in [0.15, 0.2) is 0 Å². The monoisotopic (exact) mass is 361 g/mol. The van der Waals surface area contributed by atoms with Crippen LogP contribution in [0.25, 0.3) is 0 Å². The van der Waals surface area contributed by atoms with Crippen LogP contribution in [-0.4, -0.2) is 48.8 Å². The Labute approximate surface area is 153 Å². The number of aromatic hydroxyl groups is 1. The van der Waals surface area contributed by atoms with Crippen LogP contribution in [0.1, 0.15) is 18.1 Å². The minimum absolute atomic E-state index is 0.0875. The maximum absolute atomic E-state index is 12.1. The van der Waals surface area contributed by atoms with E-state index in [1.807, 2.05) is 38.5 Å². The van der Waals surface area contributed by atoms with E-state index in [0.29, 0.717) is 6.54 Å². The summed E-state index contributed by atoms with van der Waals surface area (Å²) < 4.78 is 0. The summed E-state index contributed by atoms with van der Waals surface area (Å²) in [5.74, 6) is 0.266. The first kappa shape index (κ1) is 19.3. The van der Waals surface area contributed by atoms with Gasteiger partial charge in [0.25, 0.3) is 0 Å². The van der Waals surface area contributed by atoms with Gasteiger partial charge in [-0.15, -0.1) is 0 Å². The van der Waals surface area contributed by atoms with E-state index in [1.54, 1.807) is 23.5 Å². The molecular weight excluding hydrogens is 334 g/mol. The van der Waals surface area contributed by atoms with Gasteiger partial charge in [-0.2, -0.15) is 11.3 Å². The minimum atomic E-state index is -0.139. The fraction of sp³-hybridized carbons (Fsp3) is 0.421. The molecule has 2 atom stereocenters. The number of phenols is 1. The number of carbonyl (C=O) groups is 1. The van der Waals surface area contributed by atoms with Gasteiger partial charge in [-0.1, -0.05) is 12.1 Å². The number of thiophene rings is 1. The molecule has 1 unspecified atom stereocenters. The van der Waals surface area contributed by atoms with Gasteiger partial charge in [0.2, 0.25) is 0 Å². The van der Waals surface area contributed by atoms with Gasteiger partial charge in [0.05, 0.1) is 0 Å². The predicted molar refractivity (Wildman–Crippen MR) is 103 cm³/mol. The molecule has 136 valence electrons. The van der Waals surface area contributed by atoms with Crippen molar-refractivity contribution in [2.24, 2.45) is 0 Å². The smallest absolute Gasteiger partial charge is 0.315 e. The van der Waals surface area contributed by atoms with Crippen LogP contribution in [0.15, 0.2) is 41.1 Å². The molecule has 0 radical (unpaired) electrons. The standard InChI is InChI=1S/C19H27N3O2S/c1-14(10-16-8-9-25-13-16)21-19(24)20-12-17(22(2)3)11-15-4-6-18(23)7-5-15/h4-9,13-14,17,23H,10-12H2,1-3H3,(H2,20,21,24)/t14?,17-/m1/s1. The summed E-state index contributed by atoms with van der Waals surface area (Å²) in [5.41, 5.74) is 2.38. The van der Waals surface area contributed by atoms with Crippen molar-refractivity contribution in [2.45, 2.75) is 31.8 Å². The van der Waals surface area contributed by atoms with E-state index in [1.165, 1.54) is 5.56 Å². The zero-order valence-electron chi connectivity index (χ0n) is 15.0. The normalized spacial score (nSPS) is 13.4. The average molecular weight is 362 g/mol. The lowest BCUT2D eigenvalue weighted by Gasteiger charge is -2.25. The number of phenolic OH excluding ortho intramolecular Hbond substituents is 1. The molecule has 3 N–H and O–H groups in total. The summed E-state index contributed by atoms with van der Waals surface area (Å²) in [6.45, 7) is 2.57. The molecule has 25 heavy (non-hydrogen) atoms. The van der Waals surface area contributed by atoms with Crippen LogP contribution in [0.4, 0.5) is 4.79 Å². The largest absolute Gasteiger partial charge is 0.508 e. The average Bonchev–Trinajstić information content (AvgIpc) is 3.05.